The molecule has 1 saturated heterocycles. The van der Waals surface area contributed by atoms with Gasteiger partial charge in [0.05, 0.1) is 12.3 Å². The van der Waals surface area contributed by atoms with E-state index in [9.17, 15) is 9.59 Å². The lowest BCUT2D eigenvalue weighted by molar-refractivity contribution is -0.119. The first-order valence-corrected chi connectivity index (χ1v) is 7.98. The van der Waals surface area contributed by atoms with Gasteiger partial charge in [-0.05, 0) is 42.3 Å². The predicted molar refractivity (Wildman–Crippen MR) is 91.7 cm³/mol. The van der Waals surface area contributed by atoms with Gasteiger partial charge < -0.3 is 10.0 Å². The van der Waals surface area contributed by atoms with Crippen molar-refractivity contribution in [3.8, 4) is 0 Å². The summed E-state index contributed by atoms with van der Waals surface area (Å²) in [5, 5.41) is 9.63. The van der Waals surface area contributed by atoms with Crippen LogP contribution in [-0.2, 0) is 17.9 Å². The van der Waals surface area contributed by atoms with Crippen molar-refractivity contribution in [3.05, 3.63) is 64.7 Å². The van der Waals surface area contributed by atoms with E-state index in [1.807, 2.05) is 12.1 Å². The van der Waals surface area contributed by atoms with Crippen LogP contribution in [-0.4, -0.2) is 28.0 Å². The number of rotatable bonds is 4. The highest BCUT2D eigenvalue weighted by atomic mass is 35.5. The molecule has 1 aliphatic rings. The Labute approximate surface area is 145 Å². The number of urea groups is 1. The number of amides is 3. The predicted octanol–water partition coefficient (Wildman–Crippen LogP) is 3.19. The average molecular weight is 345 g/mol. The quantitative estimate of drug-likeness (QED) is 0.866. The van der Waals surface area contributed by atoms with Crippen LogP contribution in [0.2, 0.25) is 5.02 Å². The summed E-state index contributed by atoms with van der Waals surface area (Å²) in [4.78, 5) is 27.9. The zero-order valence-electron chi connectivity index (χ0n) is 13.1. The molecule has 0 radical (unpaired) electrons. The summed E-state index contributed by atoms with van der Waals surface area (Å²) in [6, 6.07) is 13.0. The third kappa shape index (κ3) is 3.00. The molecule has 1 aliphatic heterocycles. The highest BCUT2D eigenvalue weighted by Gasteiger charge is 2.43. The molecule has 1 fully saturated rings. The Morgan fingerprint density at radius 1 is 1.00 bits per heavy atom. The summed E-state index contributed by atoms with van der Waals surface area (Å²) >= 11 is 5.86. The lowest BCUT2D eigenvalue weighted by Gasteiger charge is -2.19. The zero-order chi connectivity index (χ0) is 17.3. The smallest absolute Gasteiger partial charge is 0.332 e. The molecule has 3 rings (SSSR count). The topological polar surface area (TPSA) is 60.9 Å². The first-order chi connectivity index (χ1) is 11.5. The van der Waals surface area contributed by atoms with Crippen LogP contribution in [0.3, 0.4) is 0 Å². The first-order valence-electron chi connectivity index (χ1n) is 7.60. The number of hydrogen-bond donors (Lipinski definition) is 1. The van der Waals surface area contributed by atoms with Gasteiger partial charge >= 0.3 is 6.03 Å². The van der Waals surface area contributed by atoms with Gasteiger partial charge in [-0.25, -0.2) is 9.69 Å². The molecule has 3 amide bonds. The van der Waals surface area contributed by atoms with Gasteiger partial charge in [-0.2, -0.15) is 0 Å². The summed E-state index contributed by atoms with van der Waals surface area (Å²) in [6.45, 7) is 2.03. The number of imide groups is 1. The van der Waals surface area contributed by atoms with E-state index in [0.717, 1.165) is 11.1 Å². The van der Waals surface area contributed by atoms with E-state index >= 15 is 0 Å². The van der Waals surface area contributed by atoms with Crippen LogP contribution in [0.25, 0.3) is 0 Å². The van der Waals surface area contributed by atoms with Crippen molar-refractivity contribution < 1.29 is 14.7 Å². The number of aliphatic hydroxyl groups excluding tert-OH is 1. The summed E-state index contributed by atoms with van der Waals surface area (Å²) in [5.41, 5.74) is 2.22. The lowest BCUT2D eigenvalue weighted by Crippen LogP contribution is -2.33. The molecule has 6 heteroatoms. The highest BCUT2D eigenvalue weighted by Crippen LogP contribution is 2.27. The molecule has 0 aliphatic carbocycles. The Kier molecular flexibility index (Phi) is 4.55. The van der Waals surface area contributed by atoms with Crippen LogP contribution < -0.4 is 4.90 Å². The number of aliphatic hydroxyl groups is 1. The van der Waals surface area contributed by atoms with Crippen molar-refractivity contribution in [2.75, 3.05) is 4.90 Å². The molecule has 2 aromatic carbocycles. The third-order valence-corrected chi connectivity index (χ3v) is 4.38. The van der Waals surface area contributed by atoms with E-state index in [4.69, 9.17) is 16.7 Å². The second-order valence-corrected chi connectivity index (χ2v) is 6.15. The van der Waals surface area contributed by atoms with E-state index in [1.54, 1.807) is 43.3 Å². The minimum Gasteiger partial charge on any atom is -0.392 e. The molecule has 24 heavy (non-hydrogen) atoms. The molecule has 0 unspecified atom stereocenters. The highest BCUT2D eigenvalue weighted by molar-refractivity contribution is 6.30. The van der Waals surface area contributed by atoms with Crippen molar-refractivity contribution in [1.82, 2.24) is 4.90 Å². The SMILES string of the molecule is C[C@H]1C(=O)N(c2ccc(Cl)cc2)C(=O)N1Cc1ccc(CO)cc1. The molecular weight excluding hydrogens is 328 g/mol. The molecule has 1 atom stereocenters. The maximum atomic E-state index is 12.7. The number of halogens is 1. The Hall–Kier alpha value is -2.37. The van der Waals surface area contributed by atoms with Gasteiger partial charge in [-0.15, -0.1) is 0 Å². The van der Waals surface area contributed by atoms with E-state index in [0.29, 0.717) is 17.3 Å². The summed E-state index contributed by atoms with van der Waals surface area (Å²) < 4.78 is 0. The molecular formula is C18H17ClN2O3. The van der Waals surface area contributed by atoms with Gasteiger partial charge in [-0.3, -0.25) is 4.79 Å². The number of hydrogen-bond acceptors (Lipinski definition) is 3. The maximum absolute atomic E-state index is 12.7. The molecule has 0 aromatic heterocycles. The number of nitrogens with zero attached hydrogens (tertiary/aromatic N) is 2. The van der Waals surface area contributed by atoms with Crippen molar-refractivity contribution in [2.24, 2.45) is 0 Å². The van der Waals surface area contributed by atoms with Crippen molar-refractivity contribution in [3.63, 3.8) is 0 Å². The fourth-order valence-corrected chi connectivity index (χ4v) is 2.81. The van der Waals surface area contributed by atoms with E-state index < -0.39 is 6.04 Å². The number of anilines is 1. The van der Waals surface area contributed by atoms with Crippen LogP contribution in [0.15, 0.2) is 48.5 Å². The van der Waals surface area contributed by atoms with Gasteiger partial charge in [0.1, 0.15) is 6.04 Å². The van der Waals surface area contributed by atoms with E-state index in [2.05, 4.69) is 0 Å². The molecule has 1 heterocycles. The van der Waals surface area contributed by atoms with E-state index in [1.165, 1.54) is 9.80 Å². The van der Waals surface area contributed by atoms with Gasteiger partial charge in [0.2, 0.25) is 0 Å². The number of carbonyl (C=O) groups excluding carboxylic acids is 2. The largest absolute Gasteiger partial charge is 0.392 e. The lowest BCUT2D eigenvalue weighted by atomic mass is 10.1. The summed E-state index contributed by atoms with van der Waals surface area (Å²) in [7, 11) is 0. The van der Waals surface area contributed by atoms with Gasteiger partial charge in [0.15, 0.2) is 0 Å². The minimum atomic E-state index is -0.536. The van der Waals surface area contributed by atoms with Crippen LogP contribution >= 0.6 is 11.6 Å². The number of benzene rings is 2. The Morgan fingerprint density at radius 2 is 1.58 bits per heavy atom. The maximum Gasteiger partial charge on any atom is 0.332 e. The molecule has 124 valence electrons. The van der Waals surface area contributed by atoms with Crippen molar-refractivity contribution in [1.29, 1.82) is 0 Å². The van der Waals surface area contributed by atoms with Gasteiger partial charge in [0.25, 0.3) is 5.91 Å². The fraction of sp³-hybridized carbons (Fsp3) is 0.222. The third-order valence-electron chi connectivity index (χ3n) is 4.13. The Balaban J connectivity index is 1.83. The average Bonchev–Trinajstić information content (AvgIpc) is 2.80. The van der Waals surface area contributed by atoms with Crippen molar-refractivity contribution in [2.45, 2.75) is 26.1 Å². The molecule has 0 saturated carbocycles. The number of carbonyl (C=O) groups is 2. The van der Waals surface area contributed by atoms with Crippen LogP contribution in [0.1, 0.15) is 18.1 Å². The zero-order valence-corrected chi connectivity index (χ0v) is 13.9. The normalized spacial score (nSPS) is 17.7. The molecule has 2 aromatic rings. The monoisotopic (exact) mass is 344 g/mol. The van der Waals surface area contributed by atoms with Gasteiger partial charge in [-0.1, -0.05) is 35.9 Å². The molecule has 1 N–H and O–H groups in total. The summed E-state index contributed by atoms with van der Waals surface area (Å²) in [5.74, 6) is -0.255. The molecule has 5 nitrogen and oxygen atoms in total. The standard InChI is InChI=1S/C18H17ClN2O3/c1-12-17(23)21(16-8-6-15(19)7-9-16)18(24)20(12)10-13-2-4-14(11-22)5-3-13/h2-9,12,22H,10-11H2,1H3/t12-/m0/s1. The second kappa shape index (κ2) is 6.63. The van der Waals surface area contributed by atoms with Crippen molar-refractivity contribution >= 4 is 29.2 Å². The minimum absolute atomic E-state index is 0.0256. The van der Waals surface area contributed by atoms with E-state index in [-0.39, 0.29) is 18.5 Å². The Morgan fingerprint density at radius 3 is 2.17 bits per heavy atom. The van der Waals surface area contributed by atoms with Crippen LogP contribution in [0, 0.1) is 0 Å². The molecule has 0 spiro atoms. The molecule has 0 bridgehead atoms. The second-order valence-electron chi connectivity index (χ2n) is 5.71. The van der Waals surface area contributed by atoms with Gasteiger partial charge in [0, 0.05) is 11.6 Å². The fourth-order valence-electron chi connectivity index (χ4n) is 2.69. The Bertz CT molecular complexity index is 759. The first kappa shape index (κ1) is 16.5. The summed E-state index contributed by atoms with van der Waals surface area (Å²) in [6.07, 6.45) is 0. The van der Waals surface area contributed by atoms with Crippen LogP contribution in [0.4, 0.5) is 10.5 Å². The van der Waals surface area contributed by atoms with Crippen LogP contribution in [0.5, 0.6) is 0 Å².